The average molecular weight is 291 g/mol. The van der Waals surface area contributed by atoms with Gasteiger partial charge in [0.2, 0.25) is 5.91 Å². The van der Waals surface area contributed by atoms with Gasteiger partial charge in [0.25, 0.3) is 0 Å². The predicted octanol–water partition coefficient (Wildman–Crippen LogP) is 3.20. The van der Waals surface area contributed by atoms with Gasteiger partial charge < -0.3 is 15.2 Å². The quantitative estimate of drug-likeness (QED) is 0.876. The van der Waals surface area contributed by atoms with Gasteiger partial charge in [-0.2, -0.15) is 0 Å². The van der Waals surface area contributed by atoms with E-state index in [2.05, 4.69) is 33.0 Å². The zero-order chi connectivity index (χ0) is 15.8. The molecule has 0 aliphatic heterocycles. The summed E-state index contributed by atoms with van der Waals surface area (Å²) < 4.78 is 5.44. The number of amides is 1. The van der Waals surface area contributed by atoms with Crippen LogP contribution >= 0.6 is 0 Å². The van der Waals surface area contributed by atoms with E-state index in [1.807, 2.05) is 13.0 Å². The third-order valence-electron chi connectivity index (χ3n) is 5.08. The minimum absolute atomic E-state index is 0.00847. The maximum Gasteiger partial charge on any atom is 0.228 e. The SMILES string of the molecule is CCOc1ccc(NC(=O)C2C(C)(C)C2(C)C)cc1CO. The number of anilines is 1. The van der Waals surface area contributed by atoms with Crippen molar-refractivity contribution in [1.82, 2.24) is 0 Å². The lowest BCUT2D eigenvalue weighted by atomic mass is 10.0. The van der Waals surface area contributed by atoms with Gasteiger partial charge in [0.05, 0.1) is 13.2 Å². The number of carbonyl (C=O) groups is 1. The fourth-order valence-electron chi connectivity index (χ4n) is 3.14. The van der Waals surface area contributed by atoms with Crippen molar-refractivity contribution in [3.63, 3.8) is 0 Å². The molecule has 21 heavy (non-hydrogen) atoms. The first-order valence-corrected chi connectivity index (χ1v) is 7.43. The van der Waals surface area contributed by atoms with Crippen molar-refractivity contribution >= 4 is 11.6 Å². The minimum Gasteiger partial charge on any atom is -0.494 e. The van der Waals surface area contributed by atoms with Gasteiger partial charge in [0, 0.05) is 17.2 Å². The lowest BCUT2D eigenvalue weighted by Gasteiger charge is -2.12. The number of aliphatic hydroxyl groups excluding tert-OH is 1. The van der Waals surface area contributed by atoms with Crippen molar-refractivity contribution in [3.8, 4) is 5.75 Å². The minimum atomic E-state index is -0.112. The van der Waals surface area contributed by atoms with Gasteiger partial charge in [-0.1, -0.05) is 27.7 Å². The first-order valence-electron chi connectivity index (χ1n) is 7.43. The van der Waals surface area contributed by atoms with Gasteiger partial charge in [-0.3, -0.25) is 4.79 Å². The molecule has 2 rings (SSSR count). The normalized spacial score (nSPS) is 19.1. The second kappa shape index (κ2) is 5.34. The third kappa shape index (κ3) is 2.64. The Labute approximate surface area is 126 Å². The summed E-state index contributed by atoms with van der Waals surface area (Å²) in [5.41, 5.74) is 1.42. The van der Waals surface area contributed by atoms with E-state index >= 15 is 0 Å². The molecule has 0 saturated heterocycles. The fourth-order valence-corrected chi connectivity index (χ4v) is 3.14. The number of aliphatic hydroxyl groups is 1. The summed E-state index contributed by atoms with van der Waals surface area (Å²) in [6.07, 6.45) is 0. The summed E-state index contributed by atoms with van der Waals surface area (Å²) in [4.78, 5) is 12.4. The van der Waals surface area contributed by atoms with Gasteiger partial charge in [-0.15, -0.1) is 0 Å². The number of benzene rings is 1. The zero-order valence-corrected chi connectivity index (χ0v) is 13.5. The van der Waals surface area contributed by atoms with Crippen LogP contribution in [0.5, 0.6) is 5.75 Å². The summed E-state index contributed by atoms with van der Waals surface area (Å²) in [5, 5.41) is 12.4. The largest absolute Gasteiger partial charge is 0.494 e. The molecule has 0 spiro atoms. The summed E-state index contributed by atoms with van der Waals surface area (Å²) >= 11 is 0. The molecule has 1 amide bonds. The Hall–Kier alpha value is -1.55. The Morgan fingerprint density at radius 3 is 2.38 bits per heavy atom. The maximum absolute atomic E-state index is 12.4. The molecule has 1 fully saturated rings. The monoisotopic (exact) mass is 291 g/mol. The molecule has 0 atom stereocenters. The van der Waals surface area contributed by atoms with Crippen LogP contribution in [0.25, 0.3) is 0 Å². The summed E-state index contributed by atoms with van der Waals surface area (Å²) in [5.74, 6) is 0.706. The summed E-state index contributed by atoms with van der Waals surface area (Å²) in [6, 6.07) is 5.36. The zero-order valence-electron chi connectivity index (χ0n) is 13.5. The Kier molecular flexibility index (Phi) is 4.02. The van der Waals surface area contributed by atoms with Crippen LogP contribution in [0.2, 0.25) is 0 Å². The Morgan fingerprint density at radius 2 is 1.90 bits per heavy atom. The highest BCUT2D eigenvalue weighted by Crippen LogP contribution is 2.68. The van der Waals surface area contributed by atoms with Crippen LogP contribution in [-0.2, 0) is 11.4 Å². The van der Waals surface area contributed by atoms with Crippen LogP contribution in [0.4, 0.5) is 5.69 Å². The molecular formula is C17H25NO3. The van der Waals surface area contributed by atoms with Crippen molar-refractivity contribution in [2.75, 3.05) is 11.9 Å². The van der Waals surface area contributed by atoms with Crippen molar-refractivity contribution in [2.45, 2.75) is 41.2 Å². The van der Waals surface area contributed by atoms with E-state index in [1.165, 1.54) is 0 Å². The van der Waals surface area contributed by atoms with Gasteiger partial charge in [-0.05, 0) is 36.0 Å². The van der Waals surface area contributed by atoms with Gasteiger partial charge in [-0.25, -0.2) is 0 Å². The first kappa shape index (κ1) is 15.8. The van der Waals surface area contributed by atoms with Gasteiger partial charge >= 0.3 is 0 Å². The van der Waals surface area contributed by atoms with Crippen molar-refractivity contribution < 1.29 is 14.6 Å². The molecular weight excluding hydrogens is 266 g/mol. The van der Waals surface area contributed by atoms with E-state index < -0.39 is 0 Å². The predicted molar refractivity (Wildman–Crippen MR) is 83.2 cm³/mol. The summed E-state index contributed by atoms with van der Waals surface area (Å²) in [6.45, 7) is 10.8. The molecule has 1 aliphatic rings. The van der Waals surface area contributed by atoms with Crippen LogP contribution < -0.4 is 10.1 Å². The first-order chi connectivity index (χ1) is 9.75. The molecule has 1 aromatic carbocycles. The molecule has 4 heteroatoms. The molecule has 1 aliphatic carbocycles. The molecule has 116 valence electrons. The van der Waals surface area contributed by atoms with E-state index in [0.29, 0.717) is 23.6 Å². The van der Waals surface area contributed by atoms with Crippen LogP contribution in [0, 0.1) is 16.7 Å². The van der Waals surface area contributed by atoms with Crippen molar-refractivity contribution in [1.29, 1.82) is 0 Å². The highest BCUT2D eigenvalue weighted by molar-refractivity contribution is 5.96. The molecule has 0 unspecified atom stereocenters. The smallest absolute Gasteiger partial charge is 0.228 e. The van der Waals surface area contributed by atoms with Gasteiger partial charge in [0.1, 0.15) is 5.75 Å². The lowest BCUT2D eigenvalue weighted by molar-refractivity contribution is -0.118. The fraction of sp³-hybridized carbons (Fsp3) is 0.588. The maximum atomic E-state index is 12.4. The Morgan fingerprint density at radius 1 is 1.29 bits per heavy atom. The van der Waals surface area contributed by atoms with Crippen LogP contribution in [-0.4, -0.2) is 17.6 Å². The van der Waals surface area contributed by atoms with E-state index in [1.54, 1.807) is 12.1 Å². The van der Waals surface area contributed by atoms with Crippen LogP contribution in [0.3, 0.4) is 0 Å². The number of rotatable bonds is 5. The molecule has 0 aromatic heterocycles. The molecule has 0 radical (unpaired) electrons. The molecule has 2 N–H and O–H groups in total. The van der Waals surface area contributed by atoms with Crippen LogP contribution in [0.1, 0.15) is 40.2 Å². The average Bonchev–Trinajstić information content (AvgIpc) is 2.81. The van der Waals surface area contributed by atoms with Crippen LogP contribution in [0.15, 0.2) is 18.2 Å². The van der Waals surface area contributed by atoms with Gasteiger partial charge in [0.15, 0.2) is 0 Å². The molecule has 4 nitrogen and oxygen atoms in total. The highest BCUT2D eigenvalue weighted by Gasteiger charge is 2.68. The Bertz CT molecular complexity index is 535. The highest BCUT2D eigenvalue weighted by atomic mass is 16.5. The van der Waals surface area contributed by atoms with E-state index in [-0.39, 0.29) is 29.3 Å². The molecule has 1 saturated carbocycles. The molecule has 1 aromatic rings. The number of ether oxygens (including phenoxy) is 1. The summed E-state index contributed by atoms with van der Waals surface area (Å²) in [7, 11) is 0. The molecule has 0 bridgehead atoms. The third-order valence-corrected chi connectivity index (χ3v) is 5.08. The number of nitrogens with one attached hydrogen (secondary N) is 1. The number of hydrogen-bond donors (Lipinski definition) is 2. The van der Waals surface area contributed by atoms with Crippen molar-refractivity contribution in [3.05, 3.63) is 23.8 Å². The second-order valence-corrected chi connectivity index (χ2v) is 6.78. The standard InChI is InChI=1S/C17H25NO3/c1-6-21-13-8-7-12(9-11(13)10-19)18-15(20)14-16(2,3)17(14,4)5/h7-9,14,19H,6,10H2,1-5H3,(H,18,20). The Balaban J connectivity index is 2.12. The van der Waals surface area contributed by atoms with E-state index in [9.17, 15) is 9.90 Å². The van der Waals surface area contributed by atoms with Crippen molar-refractivity contribution in [2.24, 2.45) is 16.7 Å². The number of carbonyl (C=O) groups excluding carboxylic acids is 1. The van der Waals surface area contributed by atoms with E-state index in [4.69, 9.17) is 4.74 Å². The lowest BCUT2D eigenvalue weighted by Crippen LogP contribution is -2.17. The number of hydrogen-bond acceptors (Lipinski definition) is 3. The molecule has 0 heterocycles. The topological polar surface area (TPSA) is 58.6 Å². The van der Waals surface area contributed by atoms with E-state index in [0.717, 1.165) is 0 Å². The second-order valence-electron chi connectivity index (χ2n) is 6.78.